The minimum atomic E-state index is -3.47. The minimum Gasteiger partial charge on any atom is -0.497 e. The fourth-order valence-corrected chi connectivity index (χ4v) is 5.09. The van der Waals surface area contributed by atoms with E-state index in [1.807, 2.05) is 12.1 Å². The summed E-state index contributed by atoms with van der Waals surface area (Å²) in [5.74, 6) is -3.12. The highest BCUT2D eigenvalue weighted by atomic mass is 32.1. The molecule has 4 N–H and O–H groups in total. The summed E-state index contributed by atoms with van der Waals surface area (Å²) in [6, 6.07) is 11.0. The summed E-state index contributed by atoms with van der Waals surface area (Å²) in [5, 5.41) is 6.74. The van der Waals surface area contributed by atoms with Crippen molar-refractivity contribution in [2.45, 2.75) is 43.7 Å². The van der Waals surface area contributed by atoms with E-state index in [1.165, 1.54) is 17.4 Å². The Morgan fingerprint density at radius 1 is 1.00 bits per heavy atom. The van der Waals surface area contributed by atoms with Crippen molar-refractivity contribution in [3.05, 3.63) is 65.6 Å². The van der Waals surface area contributed by atoms with E-state index >= 15 is 8.78 Å². The second-order valence-corrected chi connectivity index (χ2v) is 9.81. The summed E-state index contributed by atoms with van der Waals surface area (Å²) in [5.41, 5.74) is 5.86. The van der Waals surface area contributed by atoms with Gasteiger partial charge in [-0.1, -0.05) is 11.3 Å². The van der Waals surface area contributed by atoms with Crippen molar-refractivity contribution in [1.82, 2.24) is 15.0 Å². The summed E-state index contributed by atoms with van der Waals surface area (Å²) in [6.07, 6.45) is 3.27. The molecule has 4 aromatic rings. The van der Waals surface area contributed by atoms with Gasteiger partial charge in [0, 0.05) is 23.7 Å². The average Bonchev–Trinajstić information content (AvgIpc) is 3.27. The molecule has 188 valence electrons. The average molecular weight is 515 g/mol. The summed E-state index contributed by atoms with van der Waals surface area (Å²) in [4.78, 5) is 13.1. The highest BCUT2D eigenvalue weighted by Gasteiger charge is 2.37. The zero-order valence-electron chi connectivity index (χ0n) is 19.5. The van der Waals surface area contributed by atoms with E-state index in [-0.39, 0.29) is 29.4 Å². The Hall–Kier alpha value is -3.44. The van der Waals surface area contributed by atoms with Crippen LogP contribution in [-0.2, 0) is 5.92 Å². The van der Waals surface area contributed by atoms with Crippen LogP contribution in [0.5, 0.6) is 5.75 Å². The van der Waals surface area contributed by atoms with Gasteiger partial charge in [0.2, 0.25) is 5.95 Å². The number of fused-ring (bicyclic) bond motifs is 1. The van der Waals surface area contributed by atoms with Gasteiger partial charge in [-0.2, -0.15) is 13.8 Å². The van der Waals surface area contributed by atoms with E-state index in [4.69, 9.17) is 10.5 Å². The van der Waals surface area contributed by atoms with E-state index in [1.54, 1.807) is 13.2 Å². The zero-order valence-corrected chi connectivity index (χ0v) is 20.3. The third-order valence-electron chi connectivity index (χ3n) is 6.19. The third-order valence-corrected chi connectivity index (χ3v) is 7.12. The molecule has 0 aliphatic heterocycles. The van der Waals surface area contributed by atoms with Crippen LogP contribution in [0.15, 0.2) is 48.5 Å². The molecule has 0 bridgehead atoms. The smallest absolute Gasteiger partial charge is 0.315 e. The van der Waals surface area contributed by atoms with Crippen LogP contribution in [0.1, 0.15) is 36.9 Å². The van der Waals surface area contributed by atoms with Gasteiger partial charge < -0.3 is 21.1 Å². The van der Waals surface area contributed by atoms with Gasteiger partial charge in [-0.3, -0.25) is 0 Å². The highest BCUT2D eigenvalue weighted by molar-refractivity contribution is 7.22. The van der Waals surface area contributed by atoms with E-state index in [0.717, 1.165) is 60.2 Å². The van der Waals surface area contributed by atoms with Gasteiger partial charge in [0.15, 0.2) is 5.13 Å². The first kappa shape index (κ1) is 24.3. The van der Waals surface area contributed by atoms with Crippen molar-refractivity contribution in [3.63, 3.8) is 0 Å². The Morgan fingerprint density at radius 2 is 1.75 bits per heavy atom. The Balaban J connectivity index is 1.49. The second-order valence-electron chi connectivity index (χ2n) is 8.78. The lowest BCUT2D eigenvalue weighted by atomic mass is 9.92. The van der Waals surface area contributed by atoms with E-state index in [9.17, 15) is 4.39 Å². The van der Waals surface area contributed by atoms with Crippen molar-refractivity contribution >= 4 is 38.5 Å². The number of nitrogens with two attached hydrogens (primary N) is 1. The first-order chi connectivity index (χ1) is 17.3. The maximum Gasteiger partial charge on any atom is 0.315 e. The van der Waals surface area contributed by atoms with Crippen molar-refractivity contribution in [2.75, 3.05) is 17.7 Å². The molecule has 11 heteroatoms. The number of nitrogens with zero attached hydrogens (tertiary/aromatic N) is 3. The molecule has 1 aliphatic carbocycles. The molecule has 36 heavy (non-hydrogen) atoms. The molecular formula is C25H25F3N6OS. The van der Waals surface area contributed by atoms with Gasteiger partial charge in [0.1, 0.15) is 23.1 Å². The fraction of sp³-hybridized carbons (Fsp3) is 0.320. The Kier molecular flexibility index (Phi) is 6.67. The predicted octanol–water partition coefficient (Wildman–Crippen LogP) is 5.80. The topological polar surface area (TPSA) is 98.0 Å². The fourth-order valence-electron chi connectivity index (χ4n) is 4.18. The molecule has 0 amide bonds. The van der Waals surface area contributed by atoms with E-state index in [2.05, 4.69) is 25.6 Å². The van der Waals surface area contributed by atoms with Crippen molar-refractivity contribution in [2.24, 2.45) is 5.73 Å². The molecule has 7 nitrogen and oxygen atoms in total. The summed E-state index contributed by atoms with van der Waals surface area (Å²) < 4.78 is 50.5. The normalized spacial score (nSPS) is 18.2. The van der Waals surface area contributed by atoms with Crippen LogP contribution in [-0.4, -0.2) is 34.1 Å². The molecule has 1 fully saturated rings. The molecule has 0 unspecified atom stereocenters. The minimum absolute atomic E-state index is 0.0299. The number of ether oxygens (including phenoxy) is 1. The summed E-state index contributed by atoms with van der Waals surface area (Å²) in [6.45, 7) is 0. The number of hydrogen-bond donors (Lipinski definition) is 3. The summed E-state index contributed by atoms with van der Waals surface area (Å²) in [7, 11) is 1.58. The second kappa shape index (κ2) is 9.90. The van der Waals surface area contributed by atoms with Crippen LogP contribution in [0, 0.1) is 5.82 Å². The number of aromatic nitrogens is 3. The van der Waals surface area contributed by atoms with Crippen LogP contribution in [0.4, 0.5) is 30.1 Å². The number of hydrogen-bond acceptors (Lipinski definition) is 8. The van der Waals surface area contributed by atoms with Gasteiger partial charge in [-0.15, -0.1) is 0 Å². The molecule has 1 aliphatic rings. The van der Waals surface area contributed by atoms with Crippen molar-refractivity contribution in [3.8, 4) is 5.75 Å². The first-order valence-corrected chi connectivity index (χ1v) is 12.4. The quantitative estimate of drug-likeness (QED) is 0.287. The lowest BCUT2D eigenvalue weighted by Crippen LogP contribution is -2.33. The van der Waals surface area contributed by atoms with Gasteiger partial charge >= 0.3 is 5.92 Å². The Morgan fingerprint density at radius 3 is 2.47 bits per heavy atom. The van der Waals surface area contributed by atoms with Crippen LogP contribution in [0.2, 0.25) is 0 Å². The third kappa shape index (κ3) is 5.21. The number of methoxy groups -OCH3 is 1. The molecule has 2 heterocycles. The lowest BCUT2D eigenvalue weighted by Gasteiger charge is -2.27. The van der Waals surface area contributed by atoms with Gasteiger partial charge in [-0.25, -0.2) is 14.4 Å². The Labute approximate surface area is 209 Å². The maximum atomic E-state index is 15.5. The summed E-state index contributed by atoms with van der Waals surface area (Å²) >= 11 is 1.35. The molecule has 5 rings (SSSR count). The molecule has 2 aromatic heterocycles. The Bertz CT molecular complexity index is 1360. The largest absolute Gasteiger partial charge is 0.497 e. The standard InChI is InChI=1S/C25H25F3N6OS/c1-35-18-10-11-19-20(12-18)36-24(31-19)34-22-13-21(25(27,28)14-2-4-15(26)5-3-14)32-23(33-22)30-17-8-6-16(29)7-9-17/h2-5,10-13,16-17H,6-9,29H2,1H3,(H2,30,31,32,33,34)/t16-,17-. The highest BCUT2D eigenvalue weighted by Crippen LogP contribution is 2.37. The van der Waals surface area contributed by atoms with Gasteiger partial charge in [0.25, 0.3) is 0 Å². The number of alkyl halides is 2. The number of benzene rings is 2. The van der Waals surface area contributed by atoms with Crippen molar-refractivity contribution < 1.29 is 17.9 Å². The van der Waals surface area contributed by atoms with E-state index < -0.39 is 17.4 Å². The molecule has 0 atom stereocenters. The number of anilines is 3. The number of rotatable bonds is 7. The molecule has 0 radical (unpaired) electrons. The van der Waals surface area contributed by atoms with Crippen LogP contribution in [0.25, 0.3) is 10.2 Å². The maximum absolute atomic E-state index is 15.5. The van der Waals surface area contributed by atoms with Gasteiger partial charge in [-0.05, 0) is 68.1 Å². The monoisotopic (exact) mass is 514 g/mol. The SMILES string of the molecule is COc1ccc2nc(Nc3cc(C(F)(F)c4ccc(F)cc4)nc(N[C@H]4CC[C@H](N)CC4)n3)sc2c1. The predicted molar refractivity (Wildman–Crippen MR) is 135 cm³/mol. The molecular weight excluding hydrogens is 489 g/mol. The van der Waals surface area contributed by atoms with E-state index in [0.29, 0.717) is 10.9 Å². The molecule has 1 saturated carbocycles. The number of nitrogens with one attached hydrogen (secondary N) is 2. The number of thiazole rings is 1. The van der Waals surface area contributed by atoms with Crippen LogP contribution in [0.3, 0.4) is 0 Å². The molecule has 0 saturated heterocycles. The number of halogens is 3. The van der Waals surface area contributed by atoms with Crippen molar-refractivity contribution in [1.29, 1.82) is 0 Å². The van der Waals surface area contributed by atoms with Crippen LogP contribution < -0.4 is 21.1 Å². The van der Waals surface area contributed by atoms with Gasteiger partial charge in [0.05, 0.1) is 17.3 Å². The lowest BCUT2D eigenvalue weighted by molar-refractivity contribution is 0.0380. The molecule has 2 aromatic carbocycles. The zero-order chi connectivity index (χ0) is 25.3. The molecule has 0 spiro atoms. The van der Waals surface area contributed by atoms with Crippen LogP contribution >= 0.6 is 11.3 Å². The first-order valence-electron chi connectivity index (χ1n) is 11.6.